The summed E-state index contributed by atoms with van der Waals surface area (Å²) in [6.45, 7) is 3.57. The van der Waals surface area contributed by atoms with Crippen LogP contribution in [0.1, 0.15) is 0 Å². The molecule has 0 spiro atoms. The van der Waals surface area contributed by atoms with Crippen molar-refractivity contribution < 1.29 is 4.39 Å². The zero-order valence-electron chi connectivity index (χ0n) is 15.1. The van der Waals surface area contributed by atoms with Crippen LogP contribution in [0.3, 0.4) is 0 Å². The van der Waals surface area contributed by atoms with E-state index in [1.807, 2.05) is 12.1 Å². The van der Waals surface area contributed by atoms with Gasteiger partial charge in [0.15, 0.2) is 11.6 Å². The first-order chi connectivity index (χ1) is 13.6. The van der Waals surface area contributed by atoms with Crippen molar-refractivity contribution in [3.63, 3.8) is 0 Å². The summed E-state index contributed by atoms with van der Waals surface area (Å²) in [4.78, 5) is 6.73. The molecule has 1 aromatic carbocycles. The minimum atomic E-state index is -0.398. The fourth-order valence-electron chi connectivity index (χ4n) is 3.55. The third kappa shape index (κ3) is 2.92. The van der Waals surface area contributed by atoms with E-state index in [9.17, 15) is 4.39 Å². The average molecular weight is 401 g/mol. The van der Waals surface area contributed by atoms with Crippen molar-refractivity contribution in [1.29, 1.82) is 0 Å². The number of rotatable bonds is 3. The standard InChI is InChI=1S/C18H18ClFN8/c1-27-9-10-6-11(7-12(20)16(10)26-27)22-18-15-13(24-25-18)8-14(23-17(15)19)28-4-2-21-3-5-28/h6-9,21H,2-5H2,1H3,(H2,22,24,25). The number of halogens is 2. The minimum absolute atomic E-state index is 0.334. The number of aromatic nitrogens is 5. The topological polar surface area (TPSA) is 86.7 Å². The maximum Gasteiger partial charge on any atom is 0.163 e. The van der Waals surface area contributed by atoms with Crippen LogP contribution in [-0.4, -0.2) is 51.1 Å². The van der Waals surface area contributed by atoms with Gasteiger partial charge in [-0.3, -0.25) is 9.78 Å². The largest absolute Gasteiger partial charge is 0.354 e. The molecule has 10 heteroatoms. The summed E-state index contributed by atoms with van der Waals surface area (Å²) in [5, 5.41) is 19.6. The summed E-state index contributed by atoms with van der Waals surface area (Å²) in [6.07, 6.45) is 1.76. The molecule has 0 amide bonds. The van der Waals surface area contributed by atoms with Crippen LogP contribution in [0.25, 0.3) is 21.8 Å². The van der Waals surface area contributed by atoms with Crippen LogP contribution >= 0.6 is 11.6 Å². The van der Waals surface area contributed by atoms with Gasteiger partial charge in [-0.15, -0.1) is 0 Å². The molecule has 3 aromatic heterocycles. The lowest BCUT2D eigenvalue weighted by atomic mass is 10.2. The van der Waals surface area contributed by atoms with E-state index in [0.717, 1.165) is 37.5 Å². The molecule has 5 rings (SSSR count). The van der Waals surface area contributed by atoms with Gasteiger partial charge in [0, 0.05) is 56.6 Å². The molecule has 0 aliphatic carbocycles. The first-order valence-electron chi connectivity index (χ1n) is 8.99. The van der Waals surface area contributed by atoms with Gasteiger partial charge >= 0.3 is 0 Å². The second-order valence-electron chi connectivity index (χ2n) is 6.83. The van der Waals surface area contributed by atoms with Crippen molar-refractivity contribution >= 4 is 50.7 Å². The van der Waals surface area contributed by atoms with E-state index in [2.05, 4.69) is 35.8 Å². The molecular weight excluding hydrogens is 383 g/mol. The van der Waals surface area contributed by atoms with Crippen LogP contribution in [0.5, 0.6) is 0 Å². The number of hydrogen-bond donors (Lipinski definition) is 3. The first kappa shape index (κ1) is 17.2. The number of nitrogens with zero attached hydrogens (tertiary/aromatic N) is 5. The Kier molecular flexibility index (Phi) is 4.06. The van der Waals surface area contributed by atoms with E-state index in [-0.39, 0.29) is 0 Å². The van der Waals surface area contributed by atoms with Gasteiger partial charge in [0.25, 0.3) is 0 Å². The summed E-state index contributed by atoms with van der Waals surface area (Å²) in [5.41, 5.74) is 1.67. The Hall–Kier alpha value is -2.91. The Morgan fingerprint density at radius 1 is 1.21 bits per heavy atom. The molecule has 1 aliphatic heterocycles. The highest BCUT2D eigenvalue weighted by atomic mass is 35.5. The highest BCUT2D eigenvalue weighted by Gasteiger charge is 2.18. The molecule has 1 aliphatic rings. The van der Waals surface area contributed by atoms with Crippen molar-refractivity contribution in [2.45, 2.75) is 0 Å². The highest BCUT2D eigenvalue weighted by Crippen LogP contribution is 2.33. The minimum Gasteiger partial charge on any atom is -0.354 e. The Bertz CT molecular complexity index is 1180. The van der Waals surface area contributed by atoms with Crippen LogP contribution < -0.4 is 15.5 Å². The van der Waals surface area contributed by atoms with E-state index >= 15 is 0 Å². The number of aryl methyl sites for hydroxylation is 1. The number of pyridine rings is 1. The molecule has 0 radical (unpaired) electrons. The number of fused-ring (bicyclic) bond motifs is 2. The lowest BCUT2D eigenvalue weighted by Crippen LogP contribution is -2.43. The molecule has 4 heterocycles. The Balaban J connectivity index is 1.51. The quantitative estimate of drug-likeness (QED) is 0.458. The van der Waals surface area contributed by atoms with Crippen LogP contribution in [0.4, 0.5) is 21.7 Å². The maximum atomic E-state index is 14.3. The summed E-state index contributed by atoms with van der Waals surface area (Å²) in [5.74, 6) is 0.921. The molecule has 0 saturated carbocycles. The van der Waals surface area contributed by atoms with Gasteiger partial charge in [0.2, 0.25) is 0 Å². The van der Waals surface area contributed by atoms with Gasteiger partial charge in [-0.05, 0) is 12.1 Å². The molecule has 0 unspecified atom stereocenters. The molecule has 0 bridgehead atoms. The van der Waals surface area contributed by atoms with Crippen molar-refractivity contribution in [1.82, 2.24) is 30.3 Å². The van der Waals surface area contributed by atoms with E-state index in [1.54, 1.807) is 17.9 Å². The third-order valence-electron chi connectivity index (χ3n) is 4.87. The number of H-pyrrole nitrogens is 1. The fourth-order valence-corrected chi connectivity index (χ4v) is 3.83. The van der Waals surface area contributed by atoms with Crippen LogP contribution in [0.15, 0.2) is 24.4 Å². The number of piperazine rings is 1. The normalized spacial score (nSPS) is 14.9. The van der Waals surface area contributed by atoms with Gasteiger partial charge in [-0.1, -0.05) is 11.6 Å². The summed E-state index contributed by atoms with van der Waals surface area (Å²) in [6, 6.07) is 5.16. The Morgan fingerprint density at radius 2 is 2.04 bits per heavy atom. The van der Waals surface area contributed by atoms with E-state index in [0.29, 0.717) is 32.9 Å². The second kappa shape index (κ2) is 6.61. The fraction of sp³-hybridized carbons (Fsp3) is 0.278. The summed E-state index contributed by atoms with van der Waals surface area (Å²) < 4.78 is 15.9. The van der Waals surface area contributed by atoms with E-state index < -0.39 is 5.82 Å². The van der Waals surface area contributed by atoms with E-state index in [1.165, 1.54) is 6.07 Å². The van der Waals surface area contributed by atoms with Gasteiger partial charge in [-0.2, -0.15) is 10.2 Å². The lowest BCUT2D eigenvalue weighted by Gasteiger charge is -2.28. The number of anilines is 3. The number of benzene rings is 1. The van der Waals surface area contributed by atoms with Gasteiger partial charge < -0.3 is 15.5 Å². The van der Waals surface area contributed by atoms with Crippen LogP contribution in [-0.2, 0) is 7.05 Å². The Labute approximate surface area is 164 Å². The number of aromatic amines is 1. The first-order valence-corrected chi connectivity index (χ1v) is 9.36. The molecular formula is C18H18ClFN8. The maximum absolute atomic E-state index is 14.3. The van der Waals surface area contributed by atoms with Gasteiger partial charge in [0.05, 0.1) is 10.9 Å². The van der Waals surface area contributed by atoms with Crippen molar-refractivity contribution in [2.24, 2.45) is 7.05 Å². The molecule has 8 nitrogen and oxygen atoms in total. The van der Waals surface area contributed by atoms with Crippen molar-refractivity contribution in [3.05, 3.63) is 35.4 Å². The van der Waals surface area contributed by atoms with Crippen LogP contribution in [0.2, 0.25) is 5.15 Å². The van der Waals surface area contributed by atoms with Crippen molar-refractivity contribution in [3.8, 4) is 0 Å². The van der Waals surface area contributed by atoms with E-state index in [4.69, 9.17) is 11.6 Å². The number of nitrogens with one attached hydrogen (secondary N) is 3. The highest BCUT2D eigenvalue weighted by molar-refractivity contribution is 6.35. The predicted molar refractivity (Wildman–Crippen MR) is 108 cm³/mol. The SMILES string of the molecule is Cn1cc2cc(Nc3n[nH]c4cc(N5CCNCC5)nc(Cl)c34)cc(F)c2n1. The monoisotopic (exact) mass is 400 g/mol. The molecule has 1 saturated heterocycles. The predicted octanol–water partition coefficient (Wildman–Crippen LogP) is 2.79. The second-order valence-corrected chi connectivity index (χ2v) is 7.18. The molecule has 144 valence electrons. The zero-order chi connectivity index (χ0) is 19.3. The Morgan fingerprint density at radius 3 is 2.86 bits per heavy atom. The summed E-state index contributed by atoms with van der Waals surface area (Å²) in [7, 11) is 1.76. The smallest absolute Gasteiger partial charge is 0.163 e. The summed E-state index contributed by atoms with van der Waals surface area (Å²) >= 11 is 6.48. The number of hydrogen-bond acceptors (Lipinski definition) is 6. The zero-order valence-corrected chi connectivity index (χ0v) is 15.9. The lowest BCUT2D eigenvalue weighted by molar-refractivity contribution is 0.585. The molecule has 4 aromatic rings. The molecule has 1 fully saturated rings. The third-order valence-corrected chi connectivity index (χ3v) is 5.14. The molecule has 3 N–H and O–H groups in total. The van der Waals surface area contributed by atoms with Gasteiger partial charge in [0.1, 0.15) is 16.5 Å². The average Bonchev–Trinajstić information content (AvgIpc) is 3.26. The molecule has 28 heavy (non-hydrogen) atoms. The molecule has 0 atom stereocenters. The van der Waals surface area contributed by atoms with Crippen molar-refractivity contribution in [2.75, 3.05) is 36.4 Å². The van der Waals surface area contributed by atoms with Crippen LogP contribution in [0, 0.1) is 5.82 Å². The van der Waals surface area contributed by atoms with Gasteiger partial charge in [-0.25, -0.2) is 9.37 Å².